The van der Waals surface area contributed by atoms with Gasteiger partial charge >= 0.3 is 0 Å². The molecule has 0 aliphatic heterocycles. The highest BCUT2D eigenvalue weighted by Gasteiger charge is 2.17. The number of nitrogens with zero attached hydrogens (tertiary/aromatic N) is 9. The number of unbranched alkanes of at least 4 members (excludes halogenated alkanes) is 1. The number of hydrogen-bond acceptors (Lipinski definition) is 20. The van der Waals surface area contributed by atoms with Crippen molar-refractivity contribution in [1.82, 2.24) is 75.0 Å². The molecule has 0 rings (SSSR count). The second kappa shape index (κ2) is 54.6. The minimum absolute atomic E-state index is 0.146. The average molecular weight is 1070 g/mol. The maximum atomic E-state index is 12.2. The molecule has 0 saturated heterocycles. The van der Waals surface area contributed by atoms with Crippen molar-refractivity contribution in [3.63, 3.8) is 0 Å². The van der Waals surface area contributed by atoms with Crippen molar-refractivity contribution >= 4 is 35.4 Å². The fraction of sp³-hybridized carbons (Fsp3) is 0.958. The topological polar surface area (TPSA) is 266 Å². The first-order chi connectivity index (χ1) is 34.9. The molecule has 0 spiro atoms. The van der Waals surface area contributed by atoms with Crippen LogP contribution in [0.5, 0.6) is 0 Å². The Morgan fingerprint density at radius 3 is 1.08 bits per heavy atom. The third-order valence-electron chi connectivity index (χ3n) is 12.3. The fourth-order valence-electron chi connectivity index (χ4n) is 7.68. The number of halogens is 2. The number of rotatable bonds is 53. The number of hydrogen-bond donors (Lipinski definition) is 11. The van der Waals surface area contributed by atoms with Gasteiger partial charge in [-0.25, -0.2) is 8.84 Å². The van der Waals surface area contributed by atoms with Crippen LogP contribution in [0.2, 0.25) is 0 Å². The Bertz CT molecular complexity index is 1170. The molecule has 432 valence electrons. The van der Waals surface area contributed by atoms with Gasteiger partial charge in [0.1, 0.15) is 0 Å². The van der Waals surface area contributed by atoms with Gasteiger partial charge in [-0.1, -0.05) is 20.3 Å². The van der Waals surface area contributed by atoms with Crippen LogP contribution in [0.3, 0.4) is 0 Å². The molecule has 0 heterocycles. The van der Waals surface area contributed by atoms with Gasteiger partial charge in [-0.3, -0.25) is 39.0 Å². The van der Waals surface area contributed by atoms with Crippen LogP contribution in [0.4, 0.5) is 0 Å². The monoisotopic (exact) mass is 1070 g/mol. The highest BCUT2D eigenvalue weighted by Crippen LogP contribution is 2.03. The molecule has 16 N–H and O–H groups in total. The minimum atomic E-state index is 0.146. The van der Waals surface area contributed by atoms with E-state index in [1.807, 2.05) is 48.9 Å². The molecule has 0 aromatic rings. The van der Waals surface area contributed by atoms with Gasteiger partial charge in [0.05, 0.1) is 0 Å². The molecule has 72 heavy (non-hydrogen) atoms. The van der Waals surface area contributed by atoms with E-state index in [9.17, 15) is 9.59 Å². The maximum Gasteiger partial charge on any atom is 0.222 e. The number of amides is 2. The summed E-state index contributed by atoms with van der Waals surface area (Å²) in [6.45, 7) is 34.0. The highest BCUT2D eigenvalue weighted by molar-refractivity contribution is 6.13. The number of carbonyl (C=O) groups is 2. The summed E-state index contributed by atoms with van der Waals surface area (Å²) in [6, 6.07) is 0. The Morgan fingerprint density at radius 1 is 0.389 bits per heavy atom. The number of likely N-dealkylation sites (N-methyl/N-ethyl adjacent to an activating group) is 4. The summed E-state index contributed by atoms with van der Waals surface area (Å²) in [4.78, 5) is 40.3. The second-order valence-electron chi connectivity index (χ2n) is 18.2. The average Bonchev–Trinajstić information content (AvgIpc) is 3.38. The molecule has 0 aliphatic rings. The van der Waals surface area contributed by atoms with Gasteiger partial charge < -0.3 is 65.5 Å². The first kappa shape index (κ1) is 72.9. The molecule has 0 saturated carbocycles. The van der Waals surface area contributed by atoms with E-state index in [1.54, 1.807) is 0 Å². The van der Waals surface area contributed by atoms with Crippen LogP contribution >= 0.6 is 23.6 Å². The van der Waals surface area contributed by atoms with E-state index in [2.05, 4.69) is 68.2 Å². The smallest absolute Gasteiger partial charge is 0.222 e. The zero-order valence-electron chi connectivity index (χ0n) is 46.8. The predicted octanol–water partition coefficient (Wildman–Crippen LogP) is -3.50. The van der Waals surface area contributed by atoms with E-state index in [0.29, 0.717) is 65.2 Å². The highest BCUT2D eigenvalue weighted by atomic mass is 35.5. The molecule has 0 aromatic heterocycles. The molecule has 2 amide bonds. The summed E-state index contributed by atoms with van der Waals surface area (Å²) in [5.74, 6) is 0.296. The lowest BCUT2D eigenvalue weighted by Crippen LogP contribution is -2.46. The Kier molecular flexibility index (Phi) is 55.2. The Balaban J connectivity index is 0. The molecule has 0 radical (unpaired) electrons. The quantitative estimate of drug-likeness (QED) is 0.0209. The van der Waals surface area contributed by atoms with E-state index >= 15 is 0 Å². The number of nitrogens with two attached hydrogens (primary N) is 5. The van der Waals surface area contributed by atoms with E-state index in [-0.39, 0.29) is 11.8 Å². The summed E-state index contributed by atoms with van der Waals surface area (Å²) >= 11 is 13.2. The van der Waals surface area contributed by atoms with Gasteiger partial charge in [-0.05, 0) is 58.2 Å². The Hall–Kier alpha value is -1.20. The van der Waals surface area contributed by atoms with Crippen LogP contribution in [0.15, 0.2) is 0 Å². The second-order valence-corrected chi connectivity index (χ2v) is 19.1. The number of nitrogens with one attached hydrogen (secondary N) is 6. The SMILES string of the molecule is CCC(=O)N(CCN)CCN(CCN)CCN(CCNC)CCN(Cl)CCN(CCN)CCNC.CCCCC(=O)NCCN(CCNC)CCN(Cl)CCN(CCNC)CCN(CCN)CCNCCN. The molecule has 0 atom stereocenters. The fourth-order valence-corrected chi connectivity index (χ4v) is 7.98. The van der Waals surface area contributed by atoms with Crippen LogP contribution in [0, 0.1) is 0 Å². The van der Waals surface area contributed by atoms with Crippen molar-refractivity contribution in [3.05, 3.63) is 0 Å². The van der Waals surface area contributed by atoms with Gasteiger partial charge in [0.2, 0.25) is 11.8 Å². The van der Waals surface area contributed by atoms with Gasteiger partial charge in [0.25, 0.3) is 0 Å². The molecule has 0 fully saturated rings. The third-order valence-corrected chi connectivity index (χ3v) is 13.0. The van der Waals surface area contributed by atoms with Crippen LogP contribution in [0.25, 0.3) is 0 Å². The van der Waals surface area contributed by atoms with Crippen LogP contribution in [-0.2, 0) is 9.59 Å². The lowest BCUT2D eigenvalue weighted by molar-refractivity contribution is -0.131. The molecule has 0 unspecified atom stereocenters. The zero-order valence-corrected chi connectivity index (χ0v) is 48.3. The summed E-state index contributed by atoms with van der Waals surface area (Å²) in [6.07, 6.45) is 3.10. The normalized spacial score (nSPS) is 12.0. The lowest BCUT2D eigenvalue weighted by Gasteiger charge is -2.30. The zero-order chi connectivity index (χ0) is 53.9. The molecule has 0 aromatic carbocycles. The van der Waals surface area contributed by atoms with Crippen molar-refractivity contribution < 1.29 is 9.59 Å². The third kappa shape index (κ3) is 45.0. The number of carbonyl (C=O) groups excluding carboxylic acids is 2. The van der Waals surface area contributed by atoms with Crippen molar-refractivity contribution in [2.45, 2.75) is 39.5 Å². The van der Waals surface area contributed by atoms with Gasteiger partial charge in [-0.15, -0.1) is 0 Å². The Morgan fingerprint density at radius 2 is 0.722 bits per heavy atom. The van der Waals surface area contributed by atoms with E-state index in [0.717, 1.165) is 196 Å². The largest absolute Gasteiger partial charge is 0.355 e. The molecular formula is C48H114Cl2N20O2. The van der Waals surface area contributed by atoms with Crippen molar-refractivity contribution in [2.24, 2.45) is 28.7 Å². The first-order valence-corrected chi connectivity index (χ1v) is 28.1. The summed E-state index contributed by atoms with van der Waals surface area (Å²) in [5.41, 5.74) is 28.7. The first-order valence-electron chi connectivity index (χ1n) is 27.4. The maximum absolute atomic E-state index is 12.2. The van der Waals surface area contributed by atoms with E-state index in [4.69, 9.17) is 52.2 Å². The minimum Gasteiger partial charge on any atom is -0.355 e. The van der Waals surface area contributed by atoms with Crippen LogP contribution in [-0.4, -0.2) is 319 Å². The van der Waals surface area contributed by atoms with E-state index < -0.39 is 0 Å². The van der Waals surface area contributed by atoms with E-state index in [1.165, 1.54) is 0 Å². The molecule has 24 heteroatoms. The van der Waals surface area contributed by atoms with Gasteiger partial charge in [0.15, 0.2) is 0 Å². The summed E-state index contributed by atoms with van der Waals surface area (Å²) in [7, 11) is 7.88. The molecule has 22 nitrogen and oxygen atoms in total. The van der Waals surface area contributed by atoms with Crippen molar-refractivity contribution in [1.29, 1.82) is 0 Å². The van der Waals surface area contributed by atoms with Crippen molar-refractivity contribution in [3.8, 4) is 0 Å². The van der Waals surface area contributed by atoms with Gasteiger partial charge in [-0.2, -0.15) is 0 Å². The summed E-state index contributed by atoms with van der Waals surface area (Å²) in [5, 5.41) is 19.3. The Labute approximate surface area is 450 Å². The molecular weight excluding hydrogens is 960 g/mol. The van der Waals surface area contributed by atoms with Crippen molar-refractivity contribution in [2.75, 3.05) is 264 Å². The lowest BCUT2D eigenvalue weighted by atomic mass is 10.2. The van der Waals surface area contributed by atoms with Crippen LogP contribution < -0.4 is 60.6 Å². The molecule has 0 bridgehead atoms. The van der Waals surface area contributed by atoms with Gasteiger partial charge in [0, 0.05) is 248 Å². The molecule has 0 aliphatic carbocycles. The van der Waals surface area contributed by atoms with Crippen LogP contribution in [0.1, 0.15) is 39.5 Å². The summed E-state index contributed by atoms with van der Waals surface area (Å²) < 4.78 is 3.78. The predicted molar refractivity (Wildman–Crippen MR) is 307 cm³/mol. The standard InChI is InChI=1S/C25H59ClN10O.C23H55ClN10O/c1-4-5-6-25(37)32-13-18-34(15-10-29-2)21-23-36(26)24-22-35(16-11-30-3)20-19-33(14-8-28)17-12-31-9-7-27;1-4-23(35)33(12-7-27)20-17-31(11-6-26)15-16-32(14-9-29-3)19-22-34(24)21-18-30(10-5-25)13-8-28-2/h29-31H,4-24,27-28H2,1-3H3,(H,32,37);28-29H,4-22,25-27H2,1-3H3.